The number of ether oxygens (including phenoxy) is 1. The third-order valence-electron chi connectivity index (χ3n) is 3.23. The maximum Gasteiger partial charge on any atom is 0.228 e. The fourth-order valence-corrected chi connectivity index (χ4v) is 2.11. The van der Waals surface area contributed by atoms with Crippen LogP contribution in [-0.4, -0.2) is 42.8 Å². The second-order valence-corrected chi connectivity index (χ2v) is 4.76. The molecule has 0 saturated carbocycles. The van der Waals surface area contributed by atoms with E-state index in [0.29, 0.717) is 44.0 Å². The van der Waals surface area contributed by atoms with Crippen molar-refractivity contribution in [2.45, 2.75) is 12.8 Å². The summed E-state index contributed by atoms with van der Waals surface area (Å²) in [5.41, 5.74) is 1.94. The predicted octanol–water partition coefficient (Wildman–Crippen LogP) is 1.37. The average Bonchev–Trinajstić information content (AvgIpc) is 2.49. The minimum absolute atomic E-state index is 0.00746. The second kappa shape index (κ2) is 6.83. The van der Waals surface area contributed by atoms with E-state index < -0.39 is 0 Å². The first kappa shape index (κ1) is 14.2. The molecule has 1 amide bonds. The normalized spacial score (nSPS) is 14.7. The lowest BCUT2D eigenvalue weighted by atomic mass is 10.0. The van der Waals surface area contributed by atoms with E-state index in [1.807, 2.05) is 12.1 Å². The largest absolute Gasteiger partial charge is 0.378 e. The molecule has 1 saturated heterocycles. The number of morpholine rings is 1. The summed E-state index contributed by atoms with van der Waals surface area (Å²) in [5, 5.41) is 16.7. The van der Waals surface area contributed by atoms with Gasteiger partial charge in [0.1, 0.15) is 0 Å². The lowest BCUT2D eigenvalue weighted by Crippen LogP contribution is -2.41. The molecule has 5 nitrogen and oxygen atoms in total. The number of hydrogen-bond acceptors (Lipinski definition) is 4. The number of nitrogens with zero attached hydrogens (tertiary/aromatic N) is 2. The summed E-state index contributed by atoms with van der Waals surface area (Å²) in [7, 11) is 0. The number of carbonyl (C=O) groups is 1. The first-order chi connectivity index (χ1) is 9.69. The Kier molecular flexibility index (Phi) is 4.85. The molecular formula is C15H17N3O2. The number of benzene rings is 1. The predicted molar refractivity (Wildman–Crippen MR) is 74.6 cm³/mol. The van der Waals surface area contributed by atoms with Crippen LogP contribution in [0, 0.1) is 16.7 Å². The Morgan fingerprint density at radius 1 is 1.30 bits per heavy atom. The van der Waals surface area contributed by atoms with E-state index >= 15 is 0 Å². The number of hydrogen-bond donors (Lipinski definition) is 1. The first-order valence-corrected chi connectivity index (χ1v) is 6.60. The van der Waals surface area contributed by atoms with Crippen LogP contribution in [0.4, 0.5) is 0 Å². The Balaban J connectivity index is 1.85. The highest BCUT2D eigenvalue weighted by Crippen LogP contribution is 2.07. The Labute approximate surface area is 118 Å². The van der Waals surface area contributed by atoms with Crippen molar-refractivity contribution >= 4 is 11.6 Å². The van der Waals surface area contributed by atoms with Crippen molar-refractivity contribution in [1.82, 2.24) is 4.90 Å². The maximum absolute atomic E-state index is 12.0. The highest BCUT2D eigenvalue weighted by molar-refractivity contribution is 6.00. The molecule has 1 N–H and O–H groups in total. The van der Waals surface area contributed by atoms with Gasteiger partial charge in [0.2, 0.25) is 5.91 Å². The summed E-state index contributed by atoms with van der Waals surface area (Å²) in [6.07, 6.45) is 0.599. The zero-order chi connectivity index (χ0) is 14.4. The van der Waals surface area contributed by atoms with Crippen LogP contribution < -0.4 is 0 Å². The topological polar surface area (TPSA) is 77.2 Å². The summed E-state index contributed by atoms with van der Waals surface area (Å²) in [4.78, 5) is 13.7. The molecule has 2 rings (SSSR count). The third-order valence-corrected chi connectivity index (χ3v) is 3.23. The van der Waals surface area contributed by atoms with E-state index in [1.54, 1.807) is 17.0 Å². The molecule has 0 unspecified atom stereocenters. The molecule has 1 fully saturated rings. The Bertz CT molecular complexity index is 525. The highest BCUT2D eigenvalue weighted by Gasteiger charge is 2.18. The summed E-state index contributed by atoms with van der Waals surface area (Å²) in [6.45, 7) is 2.38. The highest BCUT2D eigenvalue weighted by atomic mass is 16.5. The van der Waals surface area contributed by atoms with Gasteiger partial charge in [0.25, 0.3) is 0 Å². The molecule has 0 bridgehead atoms. The van der Waals surface area contributed by atoms with E-state index in [9.17, 15) is 4.79 Å². The maximum atomic E-state index is 12.0. The molecule has 0 radical (unpaired) electrons. The molecule has 0 aliphatic carbocycles. The molecule has 1 aromatic carbocycles. The number of carbonyl (C=O) groups excluding carboxylic acids is 1. The molecule has 1 aliphatic rings. The van der Waals surface area contributed by atoms with Crippen molar-refractivity contribution in [1.29, 1.82) is 10.7 Å². The van der Waals surface area contributed by atoms with Gasteiger partial charge in [-0.05, 0) is 17.7 Å². The second-order valence-electron chi connectivity index (χ2n) is 4.76. The number of nitrogens with one attached hydrogen (secondary N) is 1. The molecule has 1 heterocycles. The van der Waals surface area contributed by atoms with E-state index in [1.165, 1.54) is 0 Å². The zero-order valence-corrected chi connectivity index (χ0v) is 11.3. The number of rotatable bonds is 4. The van der Waals surface area contributed by atoms with Crippen LogP contribution in [0.3, 0.4) is 0 Å². The fourth-order valence-electron chi connectivity index (χ4n) is 2.11. The van der Waals surface area contributed by atoms with Crippen LogP contribution in [0.1, 0.15) is 17.5 Å². The summed E-state index contributed by atoms with van der Waals surface area (Å²) < 4.78 is 5.20. The van der Waals surface area contributed by atoms with Crippen LogP contribution in [0.2, 0.25) is 0 Å². The quantitative estimate of drug-likeness (QED) is 0.840. The van der Waals surface area contributed by atoms with Crippen LogP contribution in [0.25, 0.3) is 0 Å². The zero-order valence-electron chi connectivity index (χ0n) is 11.3. The lowest BCUT2D eigenvalue weighted by Gasteiger charge is -2.26. The van der Waals surface area contributed by atoms with Gasteiger partial charge in [0, 0.05) is 25.2 Å². The van der Waals surface area contributed by atoms with Gasteiger partial charge in [0.15, 0.2) is 0 Å². The SMILES string of the molecule is N#Cc1ccc(CC(=N)CC(=O)N2CCOCC2)cc1. The fraction of sp³-hybridized carbons (Fsp3) is 0.400. The van der Waals surface area contributed by atoms with Crippen molar-refractivity contribution in [2.24, 2.45) is 0 Å². The Morgan fingerprint density at radius 3 is 2.55 bits per heavy atom. The lowest BCUT2D eigenvalue weighted by molar-refractivity contribution is -0.133. The van der Waals surface area contributed by atoms with Gasteiger partial charge < -0.3 is 15.0 Å². The molecule has 1 aromatic rings. The van der Waals surface area contributed by atoms with E-state index in [0.717, 1.165) is 5.56 Å². The number of amides is 1. The summed E-state index contributed by atoms with van der Waals surface area (Å²) >= 11 is 0. The van der Waals surface area contributed by atoms with Gasteiger partial charge >= 0.3 is 0 Å². The van der Waals surface area contributed by atoms with Crippen molar-refractivity contribution in [2.75, 3.05) is 26.3 Å². The van der Waals surface area contributed by atoms with Gasteiger partial charge in [-0.2, -0.15) is 5.26 Å². The average molecular weight is 271 g/mol. The summed E-state index contributed by atoms with van der Waals surface area (Å²) in [5.74, 6) is -0.00746. The standard InChI is InChI=1S/C15H17N3O2/c16-11-13-3-1-12(2-4-13)9-14(17)10-15(19)18-5-7-20-8-6-18/h1-4,17H,5-10H2. The van der Waals surface area contributed by atoms with Gasteiger partial charge in [-0.15, -0.1) is 0 Å². The first-order valence-electron chi connectivity index (χ1n) is 6.60. The van der Waals surface area contributed by atoms with Crippen molar-refractivity contribution < 1.29 is 9.53 Å². The van der Waals surface area contributed by atoms with E-state index in [-0.39, 0.29) is 12.3 Å². The molecule has 1 aliphatic heterocycles. The molecule has 104 valence electrons. The molecule has 0 spiro atoms. The third kappa shape index (κ3) is 3.90. The minimum atomic E-state index is -0.00746. The van der Waals surface area contributed by atoms with Gasteiger partial charge in [-0.3, -0.25) is 4.79 Å². The van der Waals surface area contributed by atoms with Crippen LogP contribution in [0.5, 0.6) is 0 Å². The van der Waals surface area contributed by atoms with Gasteiger partial charge in [-0.1, -0.05) is 12.1 Å². The van der Waals surface area contributed by atoms with Crippen LogP contribution >= 0.6 is 0 Å². The van der Waals surface area contributed by atoms with E-state index in [2.05, 4.69) is 6.07 Å². The van der Waals surface area contributed by atoms with Crippen LogP contribution in [-0.2, 0) is 16.0 Å². The summed E-state index contributed by atoms with van der Waals surface area (Å²) in [6, 6.07) is 9.16. The van der Waals surface area contributed by atoms with Crippen molar-refractivity contribution in [3.63, 3.8) is 0 Å². The molecule has 0 aromatic heterocycles. The van der Waals surface area contributed by atoms with Crippen molar-refractivity contribution in [3.05, 3.63) is 35.4 Å². The van der Waals surface area contributed by atoms with Crippen molar-refractivity contribution in [3.8, 4) is 6.07 Å². The smallest absolute Gasteiger partial charge is 0.228 e. The Morgan fingerprint density at radius 2 is 1.95 bits per heavy atom. The molecule has 0 atom stereocenters. The van der Waals surface area contributed by atoms with Gasteiger partial charge in [-0.25, -0.2) is 0 Å². The molecular weight excluding hydrogens is 254 g/mol. The minimum Gasteiger partial charge on any atom is -0.378 e. The van der Waals surface area contributed by atoms with Crippen LogP contribution in [0.15, 0.2) is 24.3 Å². The molecule has 5 heteroatoms. The number of nitriles is 1. The monoisotopic (exact) mass is 271 g/mol. The van der Waals surface area contributed by atoms with Gasteiger partial charge in [0.05, 0.1) is 31.3 Å². The molecule has 20 heavy (non-hydrogen) atoms. The Hall–Kier alpha value is -2.19. The van der Waals surface area contributed by atoms with E-state index in [4.69, 9.17) is 15.4 Å².